The summed E-state index contributed by atoms with van der Waals surface area (Å²) in [6.45, 7) is 1.01. The number of aromatic nitrogens is 1. The topological polar surface area (TPSA) is 42.2 Å². The second-order valence-electron chi connectivity index (χ2n) is 4.52. The Morgan fingerprint density at radius 1 is 0.944 bits per heavy atom. The van der Waals surface area contributed by atoms with E-state index in [0.717, 1.165) is 43.1 Å². The van der Waals surface area contributed by atoms with E-state index in [0.29, 0.717) is 0 Å². The molecule has 2 aromatic rings. The van der Waals surface area contributed by atoms with Crippen molar-refractivity contribution in [3.63, 3.8) is 0 Å². The van der Waals surface area contributed by atoms with E-state index in [-0.39, 0.29) is 12.2 Å². The van der Waals surface area contributed by atoms with Crippen LogP contribution in [0.1, 0.15) is 25.7 Å². The van der Waals surface area contributed by atoms with Gasteiger partial charge in [-0.15, -0.1) is 0 Å². The first-order valence-corrected chi connectivity index (χ1v) is 6.52. The maximum Gasteiger partial charge on any atom is 0.251 e. The normalized spacial score (nSPS) is 10.9. The molecule has 0 saturated carbocycles. The van der Waals surface area contributed by atoms with E-state index in [1.165, 1.54) is 0 Å². The van der Waals surface area contributed by atoms with Crippen molar-refractivity contribution in [3.8, 4) is 0 Å². The summed E-state index contributed by atoms with van der Waals surface area (Å²) in [6.07, 6.45) is 3.91. The van der Waals surface area contributed by atoms with Crippen LogP contribution in [0.25, 0.3) is 10.9 Å². The molecule has 1 aromatic carbocycles. The summed E-state index contributed by atoms with van der Waals surface area (Å²) in [5, 5.41) is 9.82. The number of hydrogen-bond acceptors (Lipinski definition) is 2. The number of benzene rings is 1. The number of fused-ring (bicyclic) bond motifs is 1. The third kappa shape index (κ3) is 2.99. The van der Waals surface area contributed by atoms with Gasteiger partial charge < -0.3 is 9.67 Å². The van der Waals surface area contributed by atoms with Gasteiger partial charge >= 0.3 is 0 Å². The molecule has 1 heterocycles. The number of pyridine rings is 1. The zero-order valence-electron chi connectivity index (χ0n) is 10.5. The average molecular weight is 245 g/mol. The van der Waals surface area contributed by atoms with Gasteiger partial charge in [0, 0.05) is 19.2 Å². The number of para-hydroxylation sites is 1. The molecular formula is C15H19NO2. The van der Waals surface area contributed by atoms with E-state index in [1.807, 2.05) is 34.9 Å². The monoisotopic (exact) mass is 245 g/mol. The number of aliphatic hydroxyl groups is 1. The summed E-state index contributed by atoms with van der Waals surface area (Å²) in [5.41, 5.74) is 1.07. The molecule has 2 rings (SSSR count). The second kappa shape index (κ2) is 6.36. The second-order valence-corrected chi connectivity index (χ2v) is 4.52. The Balaban J connectivity index is 2.12. The van der Waals surface area contributed by atoms with E-state index in [2.05, 4.69) is 0 Å². The molecule has 96 valence electrons. The molecule has 0 fully saturated rings. The van der Waals surface area contributed by atoms with Crippen LogP contribution in [0.3, 0.4) is 0 Å². The highest BCUT2D eigenvalue weighted by Crippen LogP contribution is 2.12. The van der Waals surface area contributed by atoms with Gasteiger partial charge in [0.1, 0.15) is 0 Å². The summed E-state index contributed by atoms with van der Waals surface area (Å²) in [5.74, 6) is 0. The fraction of sp³-hybridized carbons (Fsp3) is 0.400. The largest absolute Gasteiger partial charge is 0.396 e. The fourth-order valence-corrected chi connectivity index (χ4v) is 2.21. The van der Waals surface area contributed by atoms with Crippen molar-refractivity contribution in [2.75, 3.05) is 6.61 Å². The Bertz CT molecular complexity index is 560. The van der Waals surface area contributed by atoms with Gasteiger partial charge in [-0.2, -0.15) is 0 Å². The number of aliphatic hydroxyl groups excluding tert-OH is 1. The summed E-state index contributed by atoms with van der Waals surface area (Å²) in [4.78, 5) is 11.9. The van der Waals surface area contributed by atoms with Crippen molar-refractivity contribution in [2.45, 2.75) is 32.2 Å². The lowest BCUT2D eigenvalue weighted by molar-refractivity contribution is 0.282. The molecule has 0 bridgehead atoms. The SMILES string of the molecule is O=c1ccc2ccccc2n1CCCCCCO. The van der Waals surface area contributed by atoms with Crippen molar-refractivity contribution in [2.24, 2.45) is 0 Å². The zero-order valence-corrected chi connectivity index (χ0v) is 10.5. The molecule has 0 saturated heterocycles. The average Bonchev–Trinajstić information content (AvgIpc) is 2.41. The summed E-state index contributed by atoms with van der Waals surface area (Å²) < 4.78 is 1.84. The van der Waals surface area contributed by atoms with Crippen molar-refractivity contribution >= 4 is 10.9 Å². The van der Waals surface area contributed by atoms with Crippen molar-refractivity contribution < 1.29 is 5.11 Å². The molecule has 0 unspecified atom stereocenters. The van der Waals surface area contributed by atoms with Crippen LogP contribution in [-0.2, 0) is 6.54 Å². The Kier molecular flexibility index (Phi) is 4.53. The quantitative estimate of drug-likeness (QED) is 0.795. The van der Waals surface area contributed by atoms with Crippen LogP contribution >= 0.6 is 0 Å². The molecular weight excluding hydrogens is 226 g/mol. The van der Waals surface area contributed by atoms with Gasteiger partial charge in [-0.3, -0.25) is 4.79 Å². The minimum atomic E-state index is 0.0656. The Morgan fingerprint density at radius 2 is 1.72 bits per heavy atom. The van der Waals surface area contributed by atoms with Gasteiger partial charge in [0.2, 0.25) is 0 Å². The van der Waals surface area contributed by atoms with E-state index in [1.54, 1.807) is 6.07 Å². The van der Waals surface area contributed by atoms with Crippen LogP contribution in [-0.4, -0.2) is 16.3 Å². The third-order valence-electron chi connectivity index (χ3n) is 3.19. The van der Waals surface area contributed by atoms with Gasteiger partial charge in [0.25, 0.3) is 5.56 Å². The molecule has 1 aromatic heterocycles. The van der Waals surface area contributed by atoms with Gasteiger partial charge in [0.15, 0.2) is 0 Å². The number of hydrogen-bond donors (Lipinski definition) is 1. The summed E-state index contributed by atoms with van der Waals surface area (Å²) >= 11 is 0. The molecule has 0 atom stereocenters. The van der Waals surface area contributed by atoms with Crippen LogP contribution in [0.4, 0.5) is 0 Å². The first-order valence-electron chi connectivity index (χ1n) is 6.52. The number of nitrogens with zero attached hydrogens (tertiary/aromatic N) is 1. The van der Waals surface area contributed by atoms with Crippen LogP contribution in [0, 0.1) is 0 Å². The number of aryl methyl sites for hydroxylation is 1. The predicted molar refractivity (Wildman–Crippen MR) is 73.8 cm³/mol. The number of unbranched alkanes of at least 4 members (excludes halogenated alkanes) is 3. The molecule has 18 heavy (non-hydrogen) atoms. The highest BCUT2D eigenvalue weighted by Gasteiger charge is 2.01. The van der Waals surface area contributed by atoms with Gasteiger partial charge in [-0.05, 0) is 30.4 Å². The molecule has 0 aliphatic heterocycles. The standard InChI is InChI=1S/C15H19NO2/c17-12-6-2-1-5-11-16-14-8-4-3-7-13(14)9-10-15(16)18/h3-4,7-10,17H,1-2,5-6,11-12H2. The van der Waals surface area contributed by atoms with Gasteiger partial charge in [-0.1, -0.05) is 31.0 Å². The highest BCUT2D eigenvalue weighted by atomic mass is 16.2. The highest BCUT2D eigenvalue weighted by molar-refractivity contribution is 5.78. The van der Waals surface area contributed by atoms with E-state index >= 15 is 0 Å². The van der Waals surface area contributed by atoms with Crippen LogP contribution in [0.2, 0.25) is 0 Å². The maximum atomic E-state index is 11.9. The lowest BCUT2D eigenvalue weighted by Crippen LogP contribution is -2.19. The molecule has 3 nitrogen and oxygen atoms in total. The van der Waals surface area contributed by atoms with E-state index in [9.17, 15) is 4.79 Å². The third-order valence-corrected chi connectivity index (χ3v) is 3.19. The molecule has 0 radical (unpaired) electrons. The van der Waals surface area contributed by atoms with E-state index in [4.69, 9.17) is 5.11 Å². The minimum Gasteiger partial charge on any atom is -0.396 e. The molecule has 0 aliphatic rings. The molecule has 0 amide bonds. The van der Waals surface area contributed by atoms with Crippen LogP contribution < -0.4 is 5.56 Å². The molecule has 0 spiro atoms. The van der Waals surface area contributed by atoms with Crippen LogP contribution in [0.15, 0.2) is 41.2 Å². The molecule has 3 heteroatoms. The van der Waals surface area contributed by atoms with Gasteiger partial charge in [-0.25, -0.2) is 0 Å². The lowest BCUT2D eigenvalue weighted by Gasteiger charge is -2.09. The minimum absolute atomic E-state index is 0.0656. The Labute approximate surface area is 107 Å². The maximum absolute atomic E-state index is 11.9. The molecule has 1 N–H and O–H groups in total. The van der Waals surface area contributed by atoms with Gasteiger partial charge in [0.05, 0.1) is 5.52 Å². The first kappa shape index (κ1) is 12.8. The first-order chi connectivity index (χ1) is 8.83. The van der Waals surface area contributed by atoms with Crippen molar-refractivity contribution in [1.29, 1.82) is 0 Å². The zero-order chi connectivity index (χ0) is 12.8. The van der Waals surface area contributed by atoms with Crippen molar-refractivity contribution in [1.82, 2.24) is 4.57 Å². The Morgan fingerprint density at radius 3 is 2.56 bits per heavy atom. The predicted octanol–water partition coefficient (Wildman–Crippen LogP) is 2.55. The lowest BCUT2D eigenvalue weighted by atomic mass is 10.2. The summed E-state index contributed by atoms with van der Waals surface area (Å²) in [7, 11) is 0. The van der Waals surface area contributed by atoms with Crippen molar-refractivity contribution in [3.05, 3.63) is 46.8 Å². The van der Waals surface area contributed by atoms with E-state index < -0.39 is 0 Å². The Hall–Kier alpha value is -1.61. The smallest absolute Gasteiger partial charge is 0.251 e. The number of rotatable bonds is 6. The van der Waals surface area contributed by atoms with Crippen LogP contribution in [0.5, 0.6) is 0 Å². The summed E-state index contributed by atoms with van der Waals surface area (Å²) in [6, 6.07) is 11.5. The molecule has 0 aliphatic carbocycles. The fourth-order valence-electron chi connectivity index (χ4n) is 2.21.